The maximum Gasteiger partial charge on any atom is 0.247 e. The lowest BCUT2D eigenvalue weighted by atomic mass is 10.1. The zero-order valence-corrected chi connectivity index (χ0v) is 10.3. The third kappa shape index (κ3) is 2.27. The molecule has 5 heteroatoms. The van der Waals surface area contributed by atoms with Gasteiger partial charge in [-0.2, -0.15) is 0 Å². The fourth-order valence-corrected chi connectivity index (χ4v) is 2.14. The minimum Gasteiger partial charge on any atom is -0.419 e. The fourth-order valence-electron chi connectivity index (χ4n) is 2.14. The smallest absolute Gasteiger partial charge is 0.247 e. The van der Waals surface area contributed by atoms with E-state index in [1.807, 2.05) is 31.2 Å². The SMILES string of the molecule is Cc1cccc(-c2nnc(CN3CC(N)C3)o2)c1. The molecule has 1 saturated heterocycles. The Kier molecular flexibility index (Phi) is 2.85. The highest BCUT2D eigenvalue weighted by molar-refractivity contribution is 5.53. The molecule has 18 heavy (non-hydrogen) atoms. The molecule has 3 rings (SSSR count). The molecule has 0 amide bonds. The van der Waals surface area contributed by atoms with Crippen molar-refractivity contribution in [2.45, 2.75) is 19.5 Å². The van der Waals surface area contributed by atoms with Crippen molar-refractivity contribution in [1.29, 1.82) is 0 Å². The van der Waals surface area contributed by atoms with Gasteiger partial charge in [0.15, 0.2) is 0 Å². The Morgan fingerprint density at radius 3 is 2.94 bits per heavy atom. The fraction of sp³-hybridized carbons (Fsp3) is 0.385. The van der Waals surface area contributed by atoms with E-state index in [0.717, 1.165) is 18.7 Å². The largest absolute Gasteiger partial charge is 0.419 e. The molecule has 2 aromatic rings. The molecule has 1 aliphatic heterocycles. The molecular weight excluding hydrogens is 228 g/mol. The summed E-state index contributed by atoms with van der Waals surface area (Å²) < 4.78 is 5.66. The highest BCUT2D eigenvalue weighted by atomic mass is 16.4. The summed E-state index contributed by atoms with van der Waals surface area (Å²) in [5.74, 6) is 1.23. The molecule has 0 aliphatic carbocycles. The number of likely N-dealkylation sites (tertiary alicyclic amines) is 1. The highest BCUT2D eigenvalue weighted by Crippen LogP contribution is 2.20. The molecule has 5 nitrogen and oxygen atoms in total. The van der Waals surface area contributed by atoms with Gasteiger partial charge in [-0.15, -0.1) is 10.2 Å². The number of rotatable bonds is 3. The molecule has 0 atom stereocenters. The average molecular weight is 244 g/mol. The highest BCUT2D eigenvalue weighted by Gasteiger charge is 2.24. The summed E-state index contributed by atoms with van der Waals surface area (Å²) in [6, 6.07) is 8.34. The summed E-state index contributed by atoms with van der Waals surface area (Å²) in [4.78, 5) is 2.19. The van der Waals surface area contributed by atoms with Crippen molar-refractivity contribution in [2.75, 3.05) is 13.1 Å². The van der Waals surface area contributed by atoms with E-state index in [1.165, 1.54) is 5.56 Å². The summed E-state index contributed by atoms with van der Waals surface area (Å²) in [6.45, 7) is 4.54. The molecule has 0 bridgehead atoms. The zero-order valence-electron chi connectivity index (χ0n) is 10.3. The van der Waals surface area contributed by atoms with Crippen LogP contribution in [0.3, 0.4) is 0 Å². The molecule has 1 fully saturated rings. The monoisotopic (exact) mass is 244 g/mol. The van der Waals surface area contributed by atoms with Crippen LogP contribution in [0.15, 0.2) is 28.7 Å². The molecule has 94 valence electrons. The lowest BCUT2D eigenvalue weighted by Crippen LogP contribution is -2.54. The van der Waals surface area contributed by atoms with Crippen LogP contribution in [0.2, 0.25) is 0 Å². The second-order valence-electron chi connectivity index (χ2n) is 4.82. The summed E-state index contributed by atoms with van der Waals surface area (Å²) in [5.41, 5.74) is 7.88. The van der Waals surface area contributed by atoms with Crippen molar-refractivity contribution in [3.8, 4) is 11.5 Å². The van der Waals surface area contributed by atoms with Gasteiger partial charge in [0.05, 0.1) is 6.54 Å². The van der Waals surface area contributed by atoms with Gasteiger partial charge in [-0.05, 0) is 19.1 Å². The van der Waals surface area contributed by atoms with Gasteiger partial charge in [-0.3, -0.25) is 4.90 Å². The second kappa shape index (κ2) is 4.51. The minimum atomic E-state index is 0.296. The van der Waals surface area contributed by atoms with Crippen molar-refractivity contribution in [2.24, 2.45) is 5.73 Å². The third-order valence-corrected chi connectivity index (χ3v) is 3.08. The van der Waals surface area contributed by atoms with Crippen LogP contribution in [0.1, 0.15) is 11.5 Å². The molecule has 2 N–H and O–H groups in total. The Labute approximate surface area is 106 Å². The van der Waals surface area contributed by atoms with Gasteiger partial charge in [-0.1, -0.05) is 17.7 Å². The first-order valence-electron chi connectivity index (χ1n) is 6.08. The van der Waals surface area contributed by atoms with Crippen LogP contribution in [0.25, 0.3) is 11.5 Å². The van der Waals surface area contributed by atoms with Crippen molar-refractivity contribution < 1.29 is 4.42 Å². The predicted molar refractivity (Wildman–Crippen MR) is 67.7 cm³/mol. The van der Waals surface area contributed by atoms with E-state index in [-0.39, 0.29) is 0 Å². The van der Waals surface area contributed by atoms with Gasteiger partial charge < -0.3 is 10.2 Å². The number of aryl methyl sites for hydroxylation is 1. The Morgan fingerprint density at radius 2 is 2.22 bits per heavy atom. The molecule has 0 saturated carbocycles. The molecule has 1 aliphatic rings. The molecule has 2 heterocycles. The van der Waals surface area contributed by atoms with E-state index in [4.69, 9.17) is 10.2 Å². The predicted octanol–water partition coefficient (Wildman–Crippen LogP) is 1.19. The molecule has 0 spiro atoms. The first kappa shape index (κ1) is 11.4. The van der Waals surface area contributed by atoms with Gasteiger partial charge in [0.1, 0.15) is 0 Å². The van der Waals surface area contributed by atoms with Gasteiger partial charge >= 0.3 is 0 Å². The second-order valence-corrected chi connectivity index (χ2v) is 4.82. The maximum atomic E-state index is 5.73. The third-order valence-electron chi connectivity index (χ3n) is 3.08. The topological polar surface area (TPSA) is 68.2 Å². The van der Waals surface area contributed by atoms with Crippen molar-refractivity contribution >= 4 is 0 Å². The average Bonchev–Trinajstić information content (AvgIpc) is 2.76. The van der Waals surface area contributed by atoms with Gasteiger partial charge in [0, 0.05) is 24.7 Å². The number of nitrogens with zero attached hydrogens (tertiary/aromatic N) is 3. The van der Waals surface area contributed by atoms with Crippen molar-refractivity contribution in [3.63, 3.8) is 0 Å². The van der Waals surface area contributed by atoms with E-state index >= 15 is 0 Å². The minimum absolute atomic E-state index is 0.296. The molecule has 0 radical (unpaired) electrons. The van der Waals surface area contributed by atoms with Crippen molar-refractivity contribution in [3.05, 3.63) is 35.7 Å². The molecule has 1 aromatic carbocycles. The standard InChI is InChI=1S/C13H16N4O/c1-9-3-2-4-10(5-9)13-16-15-12(18-13)8-17-6-11(14)7-17/h2-5,11H,6-8,14H2,1H3. The number of hydrogen-bond donors (Lipinski definition) is 1. The van der Waals surface area contributed by atoms with Crippen LogP contribution in [-0.4, -0.2) is 34.2 Å². The summed E-state index contributed by atoms with van der Waals surface area (Å²) in [6.07, 6.45) is 0. The van der Waals surface area contributed by atoms with E-state index in [1.54, 1.807) is 0 Å². The summed E-state index contributed by atoms with van der Waals surface area (Å²) in [5, 5.41) is 8.15. The van der Waals surface area contributed by atoms with Crippen molar-refractivity contribution in [1.82, 2.24) is 15.1 Å². The number of benzene rings is 1. The van der Waals surface area contributed by atoms with E-state index in [9.17, 15) is 0 Å². The lowest BCUT2D eigenvalue weighted by molar-refractivity contribution is 0.129. The Bertz CT molecular complexity index is 545. The number of nitrogens with two attached hydrogens (primary N) is 1. The number of aromatic nitrogens is 2. The number of hydrogen-bond acceptors (Lipinski definition) is 5. The first-order valence-corrected chi connectivity index (χ1v) is 6.08. The van der Waals surface area contributed by atoms with Crippen LogP contribution < -0.4 is 5.73 Å². The Morgan fingerprint density at radius 1 is 1.39 bits per heavy atom. The Balaban J connectivity index is 1.73. The van der Waals surface area contributed by atoms with Gasteiger partial charge in [0.25, 0.3) is 0 Å². The summed E-state index contributed by atoms with van der Waals surface area (Å²) in [7, 11) is 0. The molecule has 0 unspecified atom stereocenters. The Hall–Kier alpha value is -1.72. The van der Waals surface area contributed by atoms with Gasteiger partial charge in [0.2, 0.25) is 11.8 Å². The normalized spacial score (nSPS) is 16.8. The van der Waals surface area contributed by atoms with Crippen LogP contribution in [0, 0.1) is 6.92 Å². The van der Waals surface area contributed by atoms with Crippen LogP contribution in [0.4, 0.5) is 0 Å². The quantitative estimate of drug-likeness (QED) is 0.878. The molecular formula is C13H16N4O. The van der Waals surface area contributed by atoms with Gasteiger partial charge in [-0.25, -0.2) is 0 Å². The molecule has 1 aromatic heterocycles. The van der Waals surface area contributed by atoms with Crippen LogP contribution in [0.5, 0.6) is 0 Å². The zero-order chi connectivity index (χ0) is 12.5. The van der Waals surface area contributed by atoms with Crippen LogP contribution in [-0.2, 0) is 6.54 Å². The van der Waals surface area contributed by atoms with E-state index in [2.05, 4.69) is 15.1 Å². The summed E-state index contributed by atoms with van der Waals surface area (Å²) >= 11 is 0. The van der Waals surface area contributed by atoms with Crippen LogP contribution >= 0.6 is 0 Å². The lowest BCUT2D eigenvalue weighted by Gasteiger charge is -2.35. The van der Waals surface area contributed by atoms with E-state index in [0.29, 0.717) is 24.4 Å². The van der Waals surface area contributed by atoms with E-state index < -0.39 is 0 Å². The maximum absolute atomic E-state index is 5.73. The first-order chi connectivity index (χ1) is 8.70.